The molecule has 1 saturated heterocycles. The van der Waals surface area contributed by atoms with E-state index in [1.807, 2.05) is 13.8 Å². The molecule has 0 atom stereocenters. The van der Waals surface area contributed by atoms with Crippen molar-refractivity contribution in [3.05, 3.63) is 57.0 Å². The molecule has 0 saturated carbocycles. The summed E-state index contributed by atoms with van der Waals surface area (Å²) in [5, 5.41) is 11.0. The van der Waals surface area contributed by atoms with Crippen LogP contribution in [0, 0.1) is 24.0 Å². The summed E-state index contributed by atoms with van der Waals surface area (Å²) in [5.74, 6) is 1.82. The summed E-state index contributed by atoms with van der Waals surface area (Å²) in [5.41, 5.74) is 2.41. The van der Waals surface area contributed by atoms with Gasteiger partial charge in [0, 0.05) is 55.1 Å². The van der Waals surface area contributed by atoms with E-state index in [1.165, 1.54) is 12.1 Å². The highest BCUT2D eigenvalue weighted by atomic mass is 16.6. The van der Waals surface area contributed by atoms with Gasteiger partial charge in [-0.05, 0) is 25.8 Å². The van der Waals surface area contributed by atoms with E-state index in [0.717, 1.165) is 22.9 Å². The van der Waals surface area contributed by atoms with Crippen LogP contribution in [0.3, 0.4) is 0 Å². The number of carbonyl (C=O) groups excluding carboxylic acids is 1. The first-order chi connectivity index (χ1) is 13.3. The molecule has 0 N–H and O–H groups in total. The van der Waals surface area contributed by atoms with E-state index in [9.17, 15) is 14.9 Å². The van der Waals surface area contributed by atoms with E-state index >= 15 is 0 Å². The lowest BCUT2D eigenvalue weighted by Gasteiger charge is -2.37. The van der Waals surface area contributed by atoms with Crippen molar-refractivity contribution in [2.24, 2.45) is 0 Å². The monoisotopic (exact) mass is 383 g/mol. The van der Waals surface area contributed by atoms with E-state index < -0.39 is 4.92 Å². The number of nitro groups is 1. The molecule has 0 spiro atoms. The third kappa shape index (κ3) is 3.95. The van der Waals surface area contributed by atoms with E-state index in [4.69, 9.17) is 0 Å². The van der Waals surface area contributed by atoms with Gasteiger partial charge in [0.25, 0.3) is 11.6 Å². The Morgan fingerprint density at radius 3 is 2.43 bits per heavy atom. The van der Waals surface area contributed by atoms with E-state index in [2.05, 4.69) is 28.7 Å². The van der Waals surface area contributed by atoms with Crippen LogP contribution in [0.15, 0.2) is 24.3 Å². The minimum Gasteiger partial charge on any atom is -0.353 e. The van der Waals surface area contributed by atoms with Crippen molar-refractivity contribution in [2.45, 2.75) is 33.6 Å². The fourth-order valence-corrected chi connectivity index (χ4v) is 3.68. The third-order valence-corrected chi connectivity index (χ3v) is 4.98. The van der Waals surface area contributed by atoms with Crippen molar-refractivity contribution in [1.29, 1.82) is 0 Å². The predicted octanol–water partition coefficient (Wildman–Crippen LogP) is 3.09. The summed E-state index contributed by atoms with van der Waals surface area (Å²) in [7, 11) is 0. The molecule has 3 rings (SSSR count). The number of amides is 1. The molecule has 1 fully saturated rings. The van der Waals surface area contributed by atoms with Crippen LogP contribution in [0.25, 0.3) is 0 Å². The van der Waals surface area contributed by atoms with Crippen LogP contribution in [0.5, 0.6) is 0 Å². The topological polar surface area (TPSA) is 92.5 Å². The van der Waals surface area contributed by atoms with Crippen LogP contribution >= 0.6 is 0 Å². The first-order valence-corrected chi connectivity index (χ1v) is 9.41. The minimum absolute atomic E-state index is 0.0713. The second-order valence-electron chi connectivity index (χ2n) is 7.33. The van der Waals surface area contributed by atoms with Gasteiger partial charge in [0.15, 0.2) is 0 Å². The molecule has 1 aromatic heterocycles. The zero-order valence-electron chi connectivity index (χ0n) is 16.7. The first-order valence-electron chi connectivity index (χ1n) is 9.41. The van der Waals surface area contributed by atoms with Gasteiger partial charge in [-0.3, -0.25) is 14.9 Å². The lowest BCUT2D eigenvalue weighted by molar-refractivity contribution is -0.384. The third-order valence-electron chi connectivity index (χ3n) is 4.98. The molecule has 1 aliphatic rings. The molecular formula is C20H25N5O3. The number of aromatic nitrogens is 2. The Hall–Kier alpha value is -3.03. The highest BCUT2D eigenvalue weighted by Gasteiger charge is 2.26. The number of hydrogen-bond donors (Lipinski definition) is 0. The number of nitrogens with zero attached hydrogens (tertiary/aromatic N) is 5. The lowest BCUT2D eigenvalue weighted by Crippen LogP contribution is -2.49. The number of anilines is 1. The van der Waals surface area contributed by atoms with E-state index in [-0.39, 0.29) is 11.6 Å². The molecule has 0 unspecified atom stereocenters. The summed E-state index contributed by atoms with van der Waals surface area (Å²) < 4.78 is 0. The quantitative estimate of drug-likeness (QED) is 0.595. The van der Waals surface area contributed by atoms with Gasteiger partial charge < -0.3 is 9.80 Å². The average Bonchev–Trinajstić information content (AvgIpc) is 2.66. The Labute approximate surface area is 164 Å². The fourth-order valence-electron chi connectivity index (χ4n) is 3.68. The number of nitro benzene ring substituents is 1. The van der Waals surface area contributed by atoms with Gasteiger partial charge in [-0.15, -0.1) is 0 Å². The molecule has 1 aliphatic heterocycles. The molecule has 1 aromatic carbocycles. The molecule has 2 heterocycles. The molecule has 8 nitrogen and oxygen atoms in total. The number of non-ortho nitro benzene ring substituents is 1. The number of rotatable bonds is 4. The summed E-state index contributed by atoms with van der Waals surface area (Å²) in [6.07, 6.45) is 0. The number of carbonyl (C=O) groups is 1. The van der Waals surface area contributed by atoms with Gasteiger partial charge in [0.05, 0.1) is 4.92 Å². The van der Waals surface area contributed by atoms with E-state index in [1.54, 1.807) is 17.0 Å². The van der Waals surface area contributed by atoms with Crippen molar-refractivity contribution in [3.8, 4) is 0 Å². The van der Waals surface area contributed by atoms with Crippen LogP contribution in [0.2, 0.25) is 0 Å². The van der Waals surface area contributed by atoms with Gasteiger partial charge in [-0.2, -0.15) is 0 Å². The Morgan fingerprint density at radius 2 is 1.82 bits per heavy atom. The van der Waals surface area contributed by atoms with Gasteiger partial charge in [-0.25, -0.2) is 9.97 Å². The molecule has 1 amide bonds. The van der Waals surface area contributed by atoms with Crippen LogP contribution in [-0.2, 0) is 0 Å². The zero-order valence-corrected chi connectivity index (χ0v) is 16.7. The summed E-state index contributed by atoms with van der Waals surface area (Å²) in [6, 6.07) is 5.89. The Bertz CT molecular complexity index is 905. The maximum absolute atomic E-state index is 12.8. The molecule has 8 heteroatoms. The van der Waals surface area contributed by atoms with Gasteiger partial charge in [0.2, 0.25) is 0 Å². The number of aryl methyl sites for hydroxylation is 2. The van der Waals surface area contributed by atoms with Crippen LogP contribution in [0.4, 0.5) is 11.5 Å². The van der Waals surface area contributed by atoms with Crippen molar-refractivity contribution in [2.75, 3.05) is 31.1 Å². The van der Waals surface area contributed by atoms with Crippen LogP contribution in [-0.4, -0.2) is 51.9 Å². The number of hydrogen-bond acceptors (Lipinski definition) is 6. The highest BCUT2D eigenvalue weighted by molar-refractivity contribution is 5.95. The molecule has 0 bridgehead atoms. The van der Waals surface area contributed by atoms with Crippen molar-refractivity contribution in [3.63, 3.8) is 0 Å². The second-order valence-corrected chi connectivity index (χ2v) is 7.33. The highest BCUT2D eigenvalue weighted by Crippen LogP contribution is 2.29. The summed E-state index contributed by atoms with van der Waals surface area (Å²) >= 11 is 0. The molecular weight excluding hydrogens is 358 g/mol. The summed E-state index contributed by atoms with van der Waals surface area (Å²) in [4.78, 5) is 36.3. The first kappa shape index (κ1) is 19.7. The maximum Gasteiger partial charge on any atom is 0.270 e. The molecule has 0 radical (unpaired) electrons. The Kier molecular flexibility index (Phi) is 5.58. The standard InChI is InChI=1S/C20H25N5O3/c1-13(2)18-14(3)21-15(4)22-19(18)23-8-10-24(11-9-23)20(26)16-6-5-7-17(12-16)25(27)28/h5-7,12-13H,8-11H2,1-4H3. The Balaban J connectivity index is 1.76. The smallest absolute Gasteiger partial charge is 0.270 e. The minimum atomic E-state index is -0.484. The molecule has 148 valence electrons. The van der Waals surface area contributed by atoms with Gasteiger partial charge in [0.1, 0.15) is 11.6 Å². The largest absolute Gasteiger partial charge is 0.353 e. The van der Waals surface area contributed by atoms with Crippen LogP contribution < -0.4 is 4.90 Å². The second kappa shape index (κ2) is 7.92. The van der Waals surface area contributed by atoms with Crippen LogP contribution in [0.1, 0.15) is 47.2 Å². The van der Waals surface area contributed by atoms with E-state index in [0.29, 0.717) is 37.7 Å². The molecule has 0 aliphatic carbocycles. The van der Waals surface area contributed by atoms with Crippen molar-refractivity contribution in [1.82, 2.24) is 14.9 Å². The normalized spacial score (nSPS) is 14.5. The summed E-state index contributed by atoms with van der Waals surface area (Å²) in [6.45, 7) is 10.6. The zero-order chi connectivity index (χ0) is 20.4. The van der Waals surface area contributed by atoms with Gasteiger partial charge >= 0.3 is 0 Å². The molecule has 28 heavy (non-hydrogen) atoms. The fraction of sp³-hybridized carbons (Fsp3) is 0.450. The van der Waals surface area contributed by atoms with Crippen molar-refractivity contribution >= 4 is 17.4 Å². The number of benzene rings is 1. The maximum atomic E-state index is 12.8. The Morgan fingerprint density at radius 1 is 1.14 bits per heavy atom. The number of piperazine rings is 1. The van der Waals surface area contributed by atoms with Gasteiger partial charge in [-0.1, -0.05) is 19.9 Å². The average molecular weight is 383 g/mol. The molecule has 2 aromatic rings. The SMILES string of the molecule is Cc1nc(C)c(C(C)C)c(N2CCN(C(=O)c3cccc([N+](=O)[O-])c3)CC2)n1. The predicted molar refractivity (Wildman–Crippen MR) is 107 cm³/mol. The van der Waals surface area contributed by atoms with Crippen molar-refractivity contribution < 1.29 is 9.72 Å². The lowest BCUT2D eigenvalue weighted by atomic mass is 10.0.